The highest BCUT2D eigenvalue weighted by Crippen LogP contribution is 2.26. The minimum absolute atomic E-state index is 0.106. The average Bonchev–Trinajstić information content (AvgIpc) is 2.98. The van der Waals surface area contributed by atoms with Crippen molar-refractivity contribution in [3.63, 3.8) is 0 Å². The Morgan fingerprint density at radius 3 is 2.65 bits per heavy atom. The molecule has 0 spiro atoms. The van der Waals surface area contributed by atoms with Gasteiger partial charge in [0.05, 0.1) is 28.1 Å². The molecular formula is C25H30N4O4S. The molecule has 2 atom stereocenters. The first-order chi connectivity index (χ1) is 16.3. The highest BCUT2D eigenvalue weighted by Gasteiger charge is 2.32. The first-order valence-corrected chi connectivity index (χ1v) is 13.3. The van der Waals surface area contributed by atoms with Gasteiger partial charge >= 0.3 is 0 Å². The quantitative estimate of drug-likeness (QED) is 0.610. The van der Waals surface area contributed by atoms with Crippen LogP contribution in [0, 0.1) is 0 Å². The van der Waals surface area contributed by atoms with Crippen molar-refractivity contribution in [3.8, 4) is 0 Å². The van der Waals surface area contributed by atoms with Crippen LogP contribution in [0.3, 0.4) is 0 Å². The lowest BCUT2D eigenvalue weighted by Crippen LogP contribution is -2.48. The summed E-state index contributed by atoms with van der Waals surface area (Å²) < 4.78 is 35.8. The molecule has 0 bridgehead atoms. The molecule has 2 aliphatic heterocycles. The van der Waals surface area contributed by atoms with Crippen LogP contribution in [-0.4, -0.2) is 53.5 Å². The van der Waals surface area contributed by atoms with E-state index in [1.54, 1.807) is 12.1 Å². The molecular weight excluding hydrogens is 452 g/mol. The minimum Gasteiger partial charge on any atom is -0.373 e. The molecule has 0 aliphatic carbocycles. The molecule has 34 heavy (non-hydrogen) atoms. The number of nitrogens with one attached hydrogen (secondary N) is 1. The number of sulfonamides is 1. The minimum atomic E-state index is -3.73. The maximum atomic E-state index is 13.2. The van der Waals surface area contributed by atoms with Gasteiger partial charge in [0.1, 0.15) is 5.82 Å². The molecule has 180 valence electrons. The second kappa shape index (κ2) is 9.13. The number of morpholine rings is 1. The third-order valence-corrected chi connectivity index (χ3v) is 8.31. The number of carbonyl (C=O) groups is 1. The molecule has 2 aromatic carbocycles. The van der Waals surface area contributed by atoms with Crippen LogP contribution in [0.5, 0.6) is 0 Å². The van der Waals surface area contributed by atoms with Crippen molar-refractivity contribution in [3.05, 3.63) is 53.9 Å². The Labute approximate surface area is 200 Å². The number of benzene rings is 2. The van der Waals surface area contributed by atoms with Gasteiger partial charge < -0.3 is 14.6 Å². The van der Waals surface area contributed by atoms with E-state index in [2.05, 4.69) is 9.88 Å². The van der Waals surface area contributed by atoms with Crippen LogP contribution in [0.15, 0.2) is 47.4 Å². The van der Waals surface area contributed by atoms with Crippen LogP contribution < -0.4 is 5.32 Å². The van der Waals surface area contributed by atoms with Crippen molar-refractivity contribution in [1.29, 1.82) is 0 Å². The summed E-state index contributed by atoms with van der Waals surface area (Å²) in [5.41, 5.74) is 2.87. The lowest BCUT2D eigenvalue weighted by Gasteiger charge is -2.34. The van der Waals surface area contributed by atoms with Crippen molar-refractivity contribution in [2.75, 3.05) is 18.4 Å². The first-order valence-electron chi connectivity index (χ1n) is 11.9. The normalized spacial score (nSPS) is 21.7. The summed E-state index contributed by atoms with van der Waals surface area (Å²) in [6.45, 7) is 5.27. The number of ether oxygens (including phenoxy) is 1. The molecule has 0 saturated carbocycles. The van der Waals surface area contributed by atoms with Gasteiger partial charge in [-0.1, -0.05) is 12.5 Å². The van der Waals surface area contributed by atoms with E-state index in [0.29, 0.717) is 5.69 Å². The molecule has 9 heteroatoms. The molecule has 1 N–H and O–H groups in total. The molecule has 1 saturated heterocycles. The first kappa shape index (κ1) is 23.0. The smallest absolute Gasteiger partial charge is 0.255 e. The SMILES string of the molecule is C[C@@H]1CN(S(=O)(=O)c2cccc(C(=O)Nc3ccc4c(c3)nc3n4CCCCC3)c2)C[C@H](C)O1. The molecule has 3 heterocycles. The number of nitrogens with zero attached hydrogens (tertiary/aromatic N) is 3. The van der Waals surface area contributed by atoms with Crippen molar-refractivity contribution in [2.45, 2.75) is 63.2 Å². The van der Waals surface area contributed by atoms with E-state index in [1.165, 1.54) is 22.9 Å². The molecule has 2 aliphatic rings. The summed E-state index contributed by atoms with van der Waals surface area (Å²) >= 11 is 0. The molecule has 1 fully saturated rings. The summed E-state index contributed by atoms with van der Waals surface area (Å²) in [6.07, 6.45) is 4.12. The van der Waals surface area contributed by atoms with E-state index in [1.807, 2.05) is 32.0 Å². The fourth-order valence-electron chi connectivity index (χ4n) is 4.90. The van der Waals surface area contributed by atoms with Crippen molar-refractivity contribution >= 4 is 32.7 Å². The highest BCUT2D eigenvalue weighted by molar-refractivity contribution is 7.89. The summed E-state index contributed by atoms with van der Waals surface area (Å²) in [4.78, 5) is 17.9. The zero-order valence-corrected chi connectivity index (χ0v) is 20.3. The van der Waals surface area contributed by atoms with Gasteiger partial charge in [-0.15, -0.1) is 0 Å². The van der Waals surface area contributed by atoms with E-state index < -0.39 is 10.0 Å². The van der Waals surface area contributed by atoms with E-state index in [4.69, 9.17) is 9.72 Å². The molecule has 1 amide bonds. The molecule has 1 aromatic heterocycles. The molecule has 0 radical (unpaired) electrons. The Morgan fingerprint density at radius 2 is 1.85 bits per heavy atom. The number of rotatable bonds is 4. The Morgan fingerprint density at radius 1 is 1.06 bits per heavy atom. The van der Waals surface area contributed by atoms with Gasteiger partial charge in [0.15, 0.2) is 0 Å². The summed E-state index contributed by atoms with van der Waals surface area (Å²) in [6, 6.07) is 11.9. The molecule has 3 aromatic rings. The molecule has 8 nitrogen and oxygen atoms in total. The standard InChI is InChI=1S/C25H30N4O4S/c1-17-15-28(16-18(2)33-17)34(31,32)21-8-6-7-19(13-21)25(30)26-20-10-11-23-22(14-20)27-24-9-4-3-5-12-29(23)24/h6-8,10-11,13-14,17-18H,3-5,9,12,15-16H2,1-2H3,(H,26,30)/t17-,18+. The van der Waals surface area contributed by atoms with Gasteiger partial charge in [-0.2, -0.15) is 4.31 Å². The summed E-state index contributed by atoms with van der Waals surface area (Å²) in [7, 11) is -3.73. The van der Waals surface area contributed by atoms with Gasteiger partial charge in [0.2, 0.25) is 10.0 Å². The average molecular weight is 483 g/mol. The maximum Gasteiger partial charge on any atom is 0.255 e. The maximum absolute atomic E-state index is 13.2. The number of hydrogen-bond acceptors (Lipinski definition) is 5. The highest BCUT2D eigenvalue weighted by atomic mass is 32.2. The van der Waals surface area contributed by atoms with E-state index in [9.17, 15) is 13.2 Å². The number of hydrogen-bond donors (Lipinski definition) is 1. The monoisotopic (exact) mass is 482 g/mol. The number of anilines is 1. The van der Waals surface area contributed by atoms with Gasteiger partial charge in [-0.3, -0.25) is 4.79 Å². The van der Waals surface area contributed by atoms with Crippen molar-refractivity contribution in [2.24, 2.45) is 0 Å². The number of amides is 1. The van der Waals surface area contributed by atoms with E-state index in [0.717, 1.165) is 42.7 Å². The third kappa shape index (κ3) is 4.47. The van der Waals surface area contributed by atoms with Crippen molar-refractivity contribution in [1.82, 2.24) is 13.9 Å². The van der Waals surface area contributed by atoms with E-state index >= 15 is 0 Å². The van der Waals surface area contributed by atoms with Gasteiger partial charge in [-0.25, -0.2) is 13.4 Å². The number of imidazole rings is 1. The number of fused-ring (bicyclic) bond motifs is 3. The third-order valence-electron chi connectivity index (χ3n) is 6.49. The van der Waals surface area contributed by atoms with Crippen LogP contribution in [0.4, 0.5) is 5.69 Å². The Kier molecular flexibility index (Phi) is 6.18. The molecule has 0 unspecified atom stereocenters. The zero-order valence-electron chi connectivity index (χ0n) is 19.5. The zero-order chi connectivity index (χ0) is 23.9. The topological polar surface area (TPSA) is 93.5 Å². The Hall–Kier alpha value is -2.75. The second-order valence-corrected chi connectivity index (χ2v) is 11.2. The van der Waals surface area contributed by atoms with Crippen LogP contribution in [0.25, 0.3) is 11.0 Å². The fourth-order valence-corrected chi connectivity index (χ4v) is 6.54. The summed E-state index contributed by atoms with van der Waals surface area (Å²) in [5.74, 6) is 0.738. The fraction of sp³-hybridized carbons (Fsp3) is 0.440. The number of aromatic nitrogens is 2. The van der Waals surface area contributed by atoms with Crippen LogP contribution in [0.1, 0.15) is 49.3 Å². The number of carbonyl (C=O) groups excluding carboxylic acids is 1. The second-order valence-electron chi connectivity index (χ2n) is 9.26. The van der Waals surface area contributed by atoms with Crippen LogP contribution in [-0.2, 0) is 27.7 Å². The lowest BCUT2D eigenvalue weighted by molar-refractivity contribution is -0.0440. The van der Waals surface area contributed by atoms with Crippen LogP contribution >= 0.6 is 0 Å². The van der Waals surface area contributed by atoms with Gasteiger partial charge in [-0.05, 0) is 63.1 Å². The Bertz CT molecular complexity index is 1320. The predicted octanol–water partition coefficient (Wildman–Crippen LogP) is 3.81. The Balaban J connectivity index is 1.36. The predicted molar refractivity (Wildman–Crippen MR) is 130 cm³/mol. The lowest BCUT2D eigenvalue weighted by atomic mass is 10.2. The number of aryl methyl sites for hydroxylation is 2. The van der Waals surface area contributed by atoms with Gasteiger partial charge in [0.25, 0.3) is 5.91 Å². The van der Waals surface area contributed by atoms with Crippen molar-refractivity contribution < 1.29 is 17.9 Å². The summed E-state index contributed by atoms with van der Waals surface area (Å²) in [5, 5.41) is 2.90. The van der Waals surface area contributed by atoms with E-state index in [-0.39, 0.29) is 41.7 Å². The van der Waals surface area contributed by atoms with Crippen LogP contribution in [0.2, 0.25) is 0 Å². The van der Waals surface area contributed by atoms with Gasteiger partial charge in [0, 0.05) is 37.3 Å². The largest absolute Gasteiger partial charge is 0.373 e. The molecule has 5 rings (SSSR count).